The fraction of sp³-hybridized carbons (Fsp3) is 0.462. The zero-order valence-corrected chi connectivity index (χ0v) is 10.1. The largest absolute Gasteiger partial charge is 0.346 e. The highest BCUT2D eigenvalue weighted by molar-refractivity contribution is 5.92. The summed E-state index contributed by atoms with van der Waals surface area (Å²) in [6, 6.07) is 5.17. The molecule has 5 nitrogen and oxygen atoms in total. The number of carbonyl (C=O) groups is 1. The van der Waals surface area contributed by atoms with Gasteiger partial charge in [-0.1, -0.05) is 12.8 Å². The van der Waals surface area contributed by atoms with Gasteiger partial charge in [-0.15, -0.1) is 0 Å². The Morgan fingerprint density at radius 3 is 2.83 bits per heavy atom. The zero-order chi connectivity index (χ0) is 13.0. The SMILES string of the molecule is N#Cc1ccc(C(=O)N[C@@H]2CCCC[C@H]2N)nc1. The van der Waals surface area contributed by atoms with Crippen molar-refractivity contribution in [2.75, 3.05) is 0 Å². The molecule has 0 spiro atoms. The average molecular weight is 244 g/mol. The van der Waals surface area contributed by atoms with E-state index in [0.29, 0.717) is 11.3 Å². The number of nitrogens with two attached hydrogens (primary N) is 1. The van der Waals surface area contributed by atoms with E-state index in [4.69, 9.17) is 11.0 Å². The van der Waals surface area contributed by atoms with Gasteiger partial charge in [0.15, 0.2) is 0 Å². The van der Waals surface area contributed by atoms with E-state index in [1.54, 1.807) is 12.1 Å². The molecule has 1 aromatic heterocycles. The van der Waals surface area contributed by atoms with Gasteiger partial charge in [-0.25, -0.2) is 4.98 Å². The van der Waals surface area contributed by atoms with Gasteiger partial charge in [0.25, 0.3) is 5.91 Å². The van der Waals surface area contributed by atoms with Crippen LogP contribution in [-0.2, 0) is 0 Å². The molecular formula is C13H16N4O. The topological polar surface area (TPSA) is 91.8 Å². The highest BCUT2D eigenvalue weighted by atomic mass is 16.1. The van der Waals surface area contributed by atoms with Gasteiger partial charge in [0.05, 0.1) is 5.56 Å². The van der Waals surface area contributed by atoms with Crippen LogP contribution in [0.25, 0.3) is 0 Å². The predicted octanol–water partition coefficient (Wildman–Crippen LogP) is 0.953. The van der Waals surface area contributed by atoms with Crippen LogP contribution < -0.4 is 11.1 Å². The average Bonchev–Trinajstić information content (AvgIpc) is 2.41. The van der Waals surface area contributed by atoms with Crippen molar-refractivity contribution in [3.8, 4) is 6.07 Å². The van der Waals surface area contributed by atoms with Crippen LogP contribution in [0.5, 0.6) is 0 Å². The molecule has 0 saturated heterocycles. The van der Waals surface area contributed by atoms with Gasteiger partial charge < -0.3 is 11.1 Å². The molecule has 1 heterocycles. The normalized spacial score (nSPS) is 23.1. The maximum Gasteiger partial charge on any atom is 0.270 e. The van der Waals surface area contributed by atoms with Crippen molar-refractivity contribution < 1.29 is 4.79 Å². The molecule has 3 N–H and O–H groups in total. The molecule has 0 bridgehead atoms. The monoisotopic (exact) mass is 244 g/mol. The first-order valence-electron chi connectivity index (χ1n) is 6.13. The molecule has 0 aliphatic heterocycles. The molecule has 94 valence electrons. The first kappa shape index (κ1) is 12.5. The predicted molar refractivity (Wildman–Crippen MR) is 66.6 cm³/mol. The van der Waals surface area contributed by atoms with Crippen LogP contribution in [0.15, 0.2) is 18.3 Å². The van der Waals surface area contributed by atoms with Crippen LogP contribution >= 0.6 is 0 Å². The van der Waals surface area contributed by atoms with Gasteiger partial charge in [0.1, 0.15) is 11.8 Å². The summed E-state index contributed by atoms with van der Waals surface area (Å²) in [6.45, 7) is 0. The molecule has 1 aliphatic rings. The van der Waals surface area contributed by atoms with E-state index >= 15 is 0 Å². The Bertz CT molecular complexity index is 463. The van der Waals surface area contributed by atoms with Crippen LogP contribution in [-0.4, -0.2) is 23.0 Å². The molecule has 1 aromatic rings. The summed E-state index contributed by atoms with van der Waals surface area (Å²) in [6.07, 6.45) is 5.49. The van der Waals surface area contributed by atoms with Crippen molar-refractivity contribution in [2.24, 2.45) is 5.73 Å². The standard InChI is InChI=1S/C13H16N4O/c14-7-9-5-6-12(16-8-9)13(18)17-11-4-2-1-3-10(11)15/h5-6,8,10-11H,1-4,15H2,(H,17,18)/t10-,11-/m1/s1. The van der Waals surface area contributed by atoms with E-state index in [9.17, 15) is 4.79 Å². The van der Waals surface area contributed by atoms with Crippen molar-refractivity contribution in [3.63, 3.8) is 0 Å². The maximum atomic E-state index is 11.9. The van der Waals surface area contributed by atoms with Crippen LogP contribution in [0.2, 0.25) is 0 Å². The van der Waals surface area contributed by atoms with Crippen LogP contribution in [0.3, 0.4) is 0 Å². The Kier molecular flexibility index (Phi) is 3.90. The van der Waals surface area contributed by atoms with Crippen molar-refractivity contribution in [1.82, 2.24) is 10.3 Å². The van der Waals surface area contributed by atoms with Crippen molar-refractivity contribution in [1.29, 1.82) is 5.26 Å². The third-order valence-corrected chi connectivity index (χ3v) is 3.26. The smallest absolute Gasteiger partial charge is 0.270 e. The van der Waals surface area contributed by atoms with Gasteiger partial charge in [0, 0.05) is 18.3 Å². The Balaban J connectivity index is 2.00. The molecule has 18 heavy (non-hydrogen) atoms. The number of nitriles is 1. The number of hydrogen-bond acceptors (Lipinski definition) is 4. The summed E-state index contributed by atoms with van der Waals surface area (Å²) in [5, 5.41) is 11.6. The Morgan fingerprint density at radius 2 is 2.22 bits per heavy atom. The van der Waals surface area contributed by atoms with E-state index in [1.165, 1.54) is 6.20 Å². The summed E-state index contributed by atoms with van der Waals surface area (Å²) in [5.74, 6) is -0.221. The summed E-state index contributed by atoms with van der Waals surface area (Å²) in [7, 11) is 0. The second kappa shape index (κ2) is 5.61. The summed E-state index contributed by atoms with van der Waals surface area (Å²) in [4.78, 5) is 15.9. The Hall–Kier alpha value is -1.93. The third kappa shape index (κ3) is 2.84. The number of pyridine rings is 1. The molecule has 2 rings (SSSR count). The van der Waals surface area contributed by atoms with E-state index < -0.39 is 0 Å². The van der Waals surface area contributed by atoms with E-state index in [0.717, 1.165) is 25.7 Å². The lowest BCUT2D eigenvalue weighted by Crippen LogP contribution is -2.49. The third-order valence-electron chi connectivity index (χ3n) is 3.26. The number of carbonyl (C=O) groups excluding carboxylic acids is 1. The number of amides is 1. The summed E-state index contributed by atoms with van der Waals surface area (Å²) in [5.41, 5.74) is 6.74. The van der Waals surface area contributed by atoms with Gasteiger partial charge >= 0.3 is 0 Å². The molecular weight excluding hydrogens is 228 g/mol. The van der Waals surface area contributed by atoms with Crippen LogP contribution in [0.4, 0.5) is 0 Å². The van der Waals surface area contributed by atoms with Gasteiger partial charge in [-0.3, -0.25) is 4.79 Å². The van der Waals surface area contributed by atoms with E-state index in [1.807, 2.05) is 6.07 Å². The number of nitrogens with one attached hydrogen (secondary N) is 1. The highest BCUT2D eigenvalue weighted by Crippen LogP contribution is 2.17. The molecule has 1 saturated carbocycles. The Labute approximate surface area is 106 Å². The fourth-order valence-electron chi connectivity index (χ4n) is 2.18. The lowest BCUT2D eigenvalue weighted by Gasteiger charge is -2.29. The second-order valence-electron chi connectivity index (χ2n) is 4.57. The fourth-order valence-corrected chi connectivity index (χ4v) is 2.18. The minimum atomic E-state index is -0.221. The molecule has 0 aromatic carbocycles. The van der Waals surface area contributed by atoms with Crippen molar-refractivity contribution in [3.05, 3.63) is 29.6 Å². The van der Waals surface area contributed by atoms with Gasteiger partial charge in [0.2, 0.25) is 0 Å². The van der Waals surface area contributed by atoms with Crippen LogP contribution in [0.1, 0.15) is 41.7 Å². The number of nitrogens with zero attached hydrogens (tertiary/aromatic N) is 2. The summed E-state index contributed by atoms with van der Waals surface area (Å²) >= 11 is 0. The minimum absolute atomic E-state index is 0.0288. The molecule has 0 unspecified atom stereocenters. The van der Waals surface area contributed by atoms with Crippen molar-refractivity contribution >= 4 is 5.91 Å². The number of rotatable bonds is 2. The molecule has 1 amide bonds. The van der Waals surface area contributed by atoms with Crippen LogP contribution in [0, 0.1) is 11.3 Å². The number of hydrogen-bond donors (Lipinski definition) is 2. The van der Waals surface area contributed by atoms with E-state index in [2.05, 4.69) is 10.3 Å². The molecule has 5 heteroatoms. The zero-order valence-electron chi connectivity index (χ0n) is 10.1. The molecule has 2 atom stereocenters. The second-order valence-corrected chi connectivity index (χ2v) is 4.57. The Morgan fingerprint density at radius 1 is 1.44 bits per heavy atom. The molecule has 1 fully saturated rings. The first-order chi connectivity index (χ1) is 8.70. The maximum absolute atomic E-state index is 11.9. The molecule has 0 radical (unpaired) electrons. The lowest BCUT2D eigenvalue weighted by molar-refractivity contribution is 0.0916. The van der Waals surface area contributed by atoms with E-state index in [-0.39, 0.29) is 18.0 Å². The van der Waals surface area contributed by atoms with Crippen molar-refractivity contribution in [2.45, 2.75) is 37.8 Å². The quantitative estimate of drug-likeness (QED) is 0.810. The highest BCUT2D eigenvalue weighted by Gasteiger charge is 2.23. The van der Waals surface area contributed by atoms with Gasteiger partial charge in [-0.2, -0.15) is 5.26 Å². The summed E-state index contributed by atoms with van der Waals surface area (Å²) < 4.78 is 0. The molecule has 1 aliphatic carbocycles. The first-order valence-corrected chi connectivity index (χ1v) is 6.13. The lowest BCUT2D eigenvalue weighted by atomic mass is 9.91. The minimum Gasteiger partial charge on any atom is -0.346 e. The number of aromatic nitrogens is 1. The van der Waals surface area contributed by atoms with Gasteiger partial charge in [-0.05, 0) is 25.0 Å².